The van der Waals surface area contributed by atoms with Gasteiger partial charge in [0.25, 0.3) is 0 Å². The summed E-state index contributed by atoms with van der Waals surface area (Å²) in [5.41, 5.74) is 1.98. The summed E-state index contributed by atoms with van der Waals surface area (Å²) < 4.78 is 12.8. The van der Waals surface area contributed by atoms with Crippen LogP contribution >= 0.6 is 23.4 Å². The lowest BCUT2D eigenvalue weighted by Gasteiger charge is -2.10. The highest BCUT2D eigenvalue weighted by Crippen LogP contribution is 2.32. The molecule has 7 heteroatoms. The Hall–Kier alpha value is -2.18. The van der Waals surface area contributed by atoms with E-state index in [0.717, 1.165) is 50.9 Å². The first-order chi connectivity index (χ1) is 12.7. The van der Waals surface area contributed by atoms with E-state index in [0.29, 0.717) is 0 Å². The molecule has 136 valence electrons. The van der Waals surface area contributed by atoms with Crippen LogP contribution in [0.5, 0.6) is 11.5 Å². The fraction of sp³-hybridized carbons (Fsp3) is 0.263. The van der Waals surface area contributed by atoms with Crippen LogP contribution in [0.25, 0.3) is 11.4 Å². The first-order valence-corrected chi connectivity index (χ1v) is 9.55. The Labute approximate surface area is 162 Å². The standard InChI is InChI=1S/C19H20ClN3O2S/c1-4-23-18(14-9-15(24-2)11-16(10-14)25-3)21-22-19(23)26-12-13-7-5-6-8-17(13)20/h5-11H,4,12H2,1-3H3. The van der Waals surface area contributed by atoms with Crippen molar-refractivity contribution < 1.29 is 9.47 Å². The minimum Gasteiger partial charge on any atom is -0.497 e. The van der Waals surface area contributed by atoms with Gasteiger partial charge in [-0.3, -0.25) is 0 Å². The molecular formula is C19H20ClN3O2S. The highest BCUT2D eigenvalue weighted by Gasteiger charge is 2.15. The normalized spacial score (nSPS) is 10.8. The highest BCUT2D eigenvalue weighted by molar-refractivity contribution is 7.98. The van der Waals surface area contributed by atoms with Gasteiger partial charge in [0.15, 0.2) is 11.0 Å². The van der Waals surface area contributed by atoms with E-state index in [1.165, 1.54) is 0 Å². The van der Waals surface area contributed by atoms with Gasteiger partial charge in [-0.1, -0.05) is 41.6 Å². The van der Waals surface area contributed by atoms with Crippen molar-refractivity contribution >= 4 is 23.4 Å². The summed E-state index contributed by atoms with van der Waals surface area (Å²) in [6.07, 6.45) is 0. The maximum absolute atomic E-state index is 6.25. The Bertz CT molecular complexity index is 876. The van der Waals surface area contributed by atoms with Crippen LogP contribution in [0.2, 0.25) is 5.02 Å². The van der Waals surface area contributed by atoms with Crippen LogP contribution in [0.4, 0.5) is 0 Å². The van der Waals surface area contributed by atoms with Crippen molar-refractivity contribution in [1.82, 2.24) is 14.8 Å². The molecule has 0 aliphatic carbocycles. The van der Waals surface area contributed by atoms with Crippen LogP contribution in [-0.2, 0) is 12.3 Å². The van der Waals surface area contributed by atoms with E-state index in [1.54, 1.807) is 26.0 Å². The number of nitrogens with zero attached hydrogens (tertiary/aromatic N) is 3. The summed E-state index contributed by atoms with van der Waals surface area (Å²) in [5.74, 6) is 2.95. The quantitative estimate of drug-likeness (QED) is 0.536. The summed E-state index contributed by atoms with van der Waals surface area (Å²) >= 11 is 7.86. The molecule has 0 aliphatic rings. The number of hydrogen-bond acceptors (Lipinski definition) is 5. The van der Waals surface area contributed by atoms with Gasteiger partial charge in [-0.25, -0.2) is 0 Å². The molecule has 0 saturated heterocycles. The van der Waals surface area contributed by atoms with E-state index >= 15 is 0 Å². The molecule has 0 saturated carbocycles. The smallest absolute Gasteiger partial charge is 0.191 e. The van der Waals surface area contributed by atoms with Crippen LogP contribution < -0.4 is 9.47 Å². The van der Waals surface area contributed by atoms with Crippen molar-refractivity contribution in [2.45, 2.75) is 24.4 Å². The van der Waals surface area contributed by atoms with Crippen LogP contribution in [0.1, 0.15) is 12.5 Å². The largest absolute Gasteiger partial charge is 0.497 e. The van der Waals surface area contributed by atoms with E-state index < -0.39 is 0 Å². The molecule has 5 nitrogen and oxygen atoms in total. The molecule has 2 aromatic carbocycles. The summed E-state index contributed by atoms with van der Waals surface area (Å²) in [6.45, 7) is 2.83. The van der Waals surface area contributed by atoms with Crippen LogP contribution in [-0.4, -0.2) is 29.0 Å². The highest BCUT2D eigenvalue weighted by atomic mass is 35.5. The minimum absolute atomic E-state index is 0.718. The minimum atomic E-state index is 0.718. The third-order valence-electron chi connectivity index (χ3n) is 3.96. The molecule has 0 atom stereocenters. The van der Waals surface area contributed by atoms with Gasteiger partial charge >= 0.3 is 0 Å². The second kappa shape index (κ2) is 8.47. The van der Waals surface area contributed by atoms with Crippen molar-refractivity contribution in [3.63, 3.8) is 0 Å². The zero-order valence-electron chi connectivity index (χ0n) is 14.9. The van der Waals surface area contributed by atoms with Crippen molar-refractivity contribution in [3.8, 4) is 22.9 Å². The van der Waals surface area contributed by atoms with Gasteiger partial charge in [0.2, 0.25) is 0 Å². The van der Waals surface area contributed by atoms with E-state index in [9.17, 15) is 0 Å². The number of rotatable bonds is 7. The predicted octanol–water partition coefficient (Wildman–Crippen LogP) is 4.93. The molecule has 0 amide bonds. The number of ether oxygens (including phenoxy) is 2. The summed E-state index contributed by atoms with van der Waals surface area (Å²) in [4.78, 5) is 0. The number of aromatic nitrogens is 3. The second-order valence-corrected chi connectivity index (χ2v) is 6.88. The molecule has 0 fully saturated rings. The molecule has 0 N–H and O–H groups in total. The zero-order chi connectivity index (χ0) is 18.5. The molecule has 1 heterocycles. The fourth-order valence-corrected chi connectivity index (χ4v) is 3.88. The first-order valence-electron chi connectivity index (χ1n) is 8.19. The molecule has 0 spiro atoms. The van der Waals surface area contributed by atoms with Crippen molar-refractivity contribution in [1.29, 1.82) is 0 Å². The molecule has 0 unspecified atom stereocenters. The molecule has 1 aromatic heterocycles. The molecule has 0 bridgehead atoms. The average molecular weight is 390 g/mol. The van der Waals surface area contributed by atoms with Crippen molar-refractivity contribution in [2.75, 3.05) is 14.2 Å². The van der Waals surface area contributed by atoms with Gasteiger partial charge in [-0.15, -0.1) is 10.2 Å². The van der Waals surface area contributed by atoms with E-state index in [2.05, 4.69) is 21.7 Å². The Morgan fingerprint density at radius 3 is 2.35 bits per heavy atom. The number of hydrogen-bond donors (Lipinski definition) is 0. The maximum Gasteiger partial charge on any atom is 0.191 e. The van der Waals surface area contributed by atoms with Gasteiger partial charge in [0.05, 0.1) is 14.2 Å². The Morgan fingerprint density at radius 2 is 1.73 bits per heavy atom. The van der Waals surface area contributed by atoms with Crippen molar-refractivity contribution in [2.24, 2.45) is 0 Å². The SMILES string of the molecule is CCn1c(SCc2ccccc2Cl)nnc1-c1cc(OC)cc(OC)c1. The number of methoxy groups -OCH3 is 2. The fourth-order valence-electron chi connectivity index (χ4n) is 2.59. The van der Waals surface area contributed by atoms with E-state index in [4.69, 9.17) is 21.1 Å². The third kappa shape index (κ3) is 3.97. The first kappa shape index (κ1) is 18.6. The summed E-state index contributed by atoms with van der Waals surface area (Å²) in [7, 11) is 3.27. The van der Waals surface area contributed by atoms with Crippen LogP contribution in [0.15, 0.2) is 47.6 Å². The van der Waals surface area contributed by atoms with Gasteiger partial charge < -0.3 is 14.0 Å². The second-order valence-electron chi connectivity index (χ2n) is 5.53. The van der Waals surface area contributed by atoms with Gasteiger partial charge in [-0.2, -0.15) is 0 Å². The van der Waals surface area contributed by atoms with Gasteiger partial charge in [-0.05, 0) is 30.7 Å². The number of halogens is 1. The molecule has 0 aliphatic heterocycles. The number of thioether (sulfide) groups is 1. The molecular weight excluding hydrogens is 370 g/mol. The van der Waals surface area contributed by atoms with Crippen molar-refractivity contribution in [3.05, 3.63) is 53.1 Å². The van der Waals surface area contributed by atoms with Crippen LogP contribution in [0.3, 0.4) is 0 Å². The lowest BCUT2D eigenvalue weighted by Crippen LogP contribution is -2.00. The third-order valence-corrected chi connectivity index (χ3v) is 5.34. The van der Waals surface area contributed by atoms with E-state index in [1.807, 2.05) is 42.5 Å². The predicted molar refractivity (Wildman–Crippen MR) is 105 cm³/mol. The summed E-state index contributed by atoms with van der Waals surface area (Å²) in [5, 5.41) is 10.4. The Balaban J connectivity index is 1.90. The average Bonchev–Trinajstić information content (AvgIpc) is 3.09. The molecule has 26 heavy (non-hydrogen) atoms. The lowest BCUT2D eigenvalue weighted by atomic mass is 10.2. The molecule has 0 radical (unpaired) electrons. The lowest BCUT2D eigenvalue weighted by molar-refractivity contribution is 0.394. The maximum atomic E-state index is 6.25. The molecule has 3 rings (SSSR count). The zero-order valence-corrected chi connectivity index (χ0v) is 16.5. The summed E-state index contributed by atoms with van der Waals surface area (Å²) in [6, 6.07) is 13.5. The van der Waals surface area contributed by atoms with Gasteiger partial charge in [0, 0.05) is 29.0 Å². The van der Waals surface area contributed by atoms with Crippen LogP contribution in [0, 0.1) is 0 Å². The Morgan fingerprint density at radius 1 is 1.04 bits per heavy atom. The van der Waals surface area contributed by atoms with E-state index in [-0.39, 0.29) is 0 Å². The monoisotopic (exact) mass is 389 g/mol. The van der Waals surface area contributed by atoms with Gasteiger partial charge in [0.1, 0.15) is 11.5 Å². The Kier molecular flexibility index (Phi) is 6.06. The number of benzene rings is 2. The molecule has 3 aromatic rings. The topological polar surface area (TPSA) is 49.2 Å².